The fourth-order valence-corrected chi connectivity index (χ4v) is 2.35. The van der Waals surface area contributed by atoms with Crippen molar-refractivity contribution in [2.75, 3.05) is 37.8 Å². The van der Waals surface area contributed by atoms with Crippen LogP contribution in [0.15, 0.2) is 6.07 Å². The van der Waals surface area contributed by atoms with Crippen molar-refractivity contribution in [3.05, 3.63) is 11.9 Å². The summed E-state index contributed by atoms with van der Waals surface area (Å²) in [5.74, 6) is 2.70. The van der Waals surface area contributed by atoms with Crippen LogP contribution < -0.4 is 10.6 Å². The van der Waals surface area contributed by atoms with Gasteiger partial charge in [-0.2, -0.15) is 0 Å². The van der Waals surface area contributed by atoms with Crippen molar-refractivity contribution >= 4 is 11.6 Å². The van der Waals surface area contributed by atoms with Gasteiger partial charge in [0.2, 0.25) is 0 Å². The first-order chi connectivity index (χ1) is 8.71. The molecule has 1 atom stereocenters. The van der Waals surface area contributed by atoms with Crippen LogP contribution >= 0.6 is 0 Å². The number of aromatic nitrogens is 2. The molecule has 1 unspecified atom stereocenters. The standard InChI is InChI=1S/C13H23N5/c1-4-11-16-12(14-2)8-13(17-11)15-10-6-5-7-18(3)9-10/h8,10H,4-7,9H2,1-3H3,(H2,14,15,16,17). The monoisotopic (exact) mass is 249 g/mol. The van der Waals surface area contributed by atoms with E-state index in [1.54, 1.807) is 0 Å². The van der Waals surface area contributed by atoms with Crippen LogP contribution in [0.3, 0.4) is 0 Å². The molecule has 1 aliphatic heterocycles. The van der Waals surface area contributed by atoms with E-state index in [-0.39, 0.29) is 0 Å². The second-order valence-corrected chi connectivity index (χ2v) is 4.90. The molecule has 1 fully saturated rings. The van der Waals surface area contributed by atoms with E-state index in [0.29, 0.717) is 6.04 Å². The van der Waals surface area contributed by atoms with Crippen molar-refractivity contribution in [3.63, 3.8) is 0 Å². The summed E-state index contributed by atoms with van der Waals surface area (Å²) in [4.78, 5) is 11.3. The second-order valence-electron chi connectivity index (χ2n) is 4.90. The quantitative estimate of drug-likeness (QED) is 0.848. The molecule has 1 aromatic heterocycles. The van der Waals surface area contributed by atoms with E-state index in [9.17, 15) is 0 Å². The number of nitrogens with zero attached hydrogens (tertiary/aromatic N) is 3. The lowest BCUT2D eigenvalue weighted by Gasteiger charge is -2.30. The number of aryl methyl sites for hydroxylation is 1. The van der Waals surface area contributed by atoms with E-state index in [1.807, 2.05) is 13.1 Å². The summed E-state index contributed by atoms with van der Waals surface area (Å²) in [6.07, 6.45) is 3.32. The largest absolute Gasteiger partial charge is 0.373 e. The van der Waals surface area contributed by atoms with Gasteiger partial charge < -0.3 is 15.5 Å². The molecular weight excluding hydrogens is 226 g/mol. The average molecular weight is 249 g/mol. The Labute approximate surface area is 109 Å². The van der Waals surface area contributed by atoms with Crippen LogP contribution in [-0.4, -0.2) is 48.1 Å². The molecule has 0 amide bonds. The Bertz CT molecular complexity index is 371. The molecule has 0 radical (unpaired) electrons. The van der Waals surface area contributed by atoms with Crippen LogP contribution in [0.5, 0.6) is 0 Å². The molecule has 1 aromatic rings. The predicted molar refractivity (Wildman–Crippen MR) is 75.1 cm³/mol. The highest BCUT2D eigenvalue weighted by Gasteiger charge is 2.17. The van der Waals surface area contributed by atoms with Crippen molar-refractivity contribution < 1.29 is 0 Å². The fraction of sp³-hybridized carbons (Fsp3) is 0.692. The zero-order valence-electron chi connectivity index (χ0n) is 11.5. The molecule has 1 saturated heterocycles. The minimum atomic E-state index is 0.494. The van der Waals surface area contributed by atoms with E-state index in [2.05, 4.69) is 39.5 Å². The van der Waals surface area contributed by atoms with E-state index >= 15 is 0 Å². The SMILES string of the molecule is CCc1nc(NC)cc(NC2CCCN(C)C2)n1. The molecule has 1 aliphatic rings. The summed E-state index contributed by atoms with van der Waals surface area (Å²) in [6, 6.07) is 2.47. The maximum absolute atomic E-state index is 4.54. The molecule has 5 heteroatoms. The Kier molecular flexibility index (Phi) is 4.36. The van der Waals surface area contributed by atoms with Gasteiger partial charge in [-0.25, -0.2) is 9.97 Å². The molecule has 2 heterocycles. The Balaban J connectivity index is 2.07. The predicted octanol–water partition coefficient (Wildman–Crippen LogP) is 1.59. The summed E-state index contributed by atoms with van der Waals surface area (Å²) in [5, 5.41) is 6.61. The van der Waals surface area contributed by atoms with Crippen LogP contribution in [-0.2, 0) is 6.42 Å². The van der Waals surface area contributed by atoms with Gasteiger partial charge in [-0.15, -0.1) is 0 Å². The number of likely N-dealkylation sites (tertiary alicyclic amines) is 1. The zero-order valence-corrected chi connectivity index (χ0v) is 11.5. The van der Waals surface area contributed by atoms with Gasteiger partial charge in [0, 0.05) is 32.1 Å². The number of hydrogen-bond donors (Lipinski definition) is 2. The molecule has 2 rings (SSSR count). The lowest BCUT2D eigenvalue weighted by Crippen LogP contribution is -2.39. The molecular formula is C13H23N5. The highest BCUT2D eigenvalue weighted by Crippen LogP contribution is 2.16. The molecule has 0 saturated carbocycles. The maximum atomic E-state index is 4.54. The Morgan fingerprint density at radius 2 is 2.17 bits per heavy atom. The van der Waals surface area contributed by atoms with Gasteiger partial charge in [-0.3, -0.25) is 0 Å². The topological polar surface area (TPSA) is 53.1 Å². The highest BCUT2D eigenvalue weighted by molar-refractivity contribution is 5.47. The zero-order chi connectivity index (χ0) is 13.0. The Morgan fingerprint density at radius 3 is 2.83 bits per heavy atom. The number of rotatable bonds is 4. The van der Waals surface area contributed by atoms with Gasteiger partial charge in [0.25, 0.3) is 0 Å². The summed E-state index contributed by atoms with van der Waals surface area (Å²) in [6.45, 7) is 4.36. The van der Waals surface area contributed by atoms with E-state index in [4.69, 9.17) is 0 Å². The first-order valence-electron chi connectivity index (χ1n) is 6.72. The third-order valence-corrected chi connectivity index (χ3v) is 3.32. The second kappa shape index (κ2) is 6.00. The van der Waals surface area contributed by atoms with Crippen LogP contribution in [0.2, 0.25) is 0 Å². The summed E-state index contributed by atoms with van der Waals surface area (Å²) in [5.41, 5.74) is 0. The first-order valence-corrected chi connectivity index (χ1v) is 6.72. The number of nitrogens with one attached hydrogen (secondary N) is 2. The highest BCUT2D eigenvalue weighted by atomic mass is 15.2. The van der Waals surface area contributed by atoms with Gasteiger partial charge in [-0.05, 0) is 26.4 Å². The van der Waals surface area contributed by atoms with Gasteiger partial charge in [0.05, 0.1) is 0 Å². The van der Waals surface area contributed by atoms with Crippen molar-refractivity contribution in [3.8, 4) is 0 Å². The smallest absolute Gasteiger partial charge is 0.132 e. The van der Waals surface area contributed by atoms with Crippen LogP contribution in [0.1, 0.15) is 25.6 Å². The lowest BCUT2D eigenvalue weighted by molar-refractivity contribution is 0.260. The van der Waals surface area contributed by atoms with E-state index < -0.39 is 0 Å². The number of piperidine rings is 1. The fourth-order valence-electron chi connectivity index (χ4n) is 2.35. The number of hydrogen-bond acceptors (Lipinski definition) is 5. The average Bonchev–Trinajstić information content (AvgIpc) is 2.38. The minimum absolute atomic E-state index is 0.494. The van der Waals surface area contributed by atoms with Gasteiger partial charge in [0.15, 0.2) is 0 Å². The van der Waals surface area contributed by atoms with Crippen molar-refractivity contribution in [1.82, 2.24) is 14.9 Å². The Morgan fingerprint density at radius 1 is 1.39 bits per heavy atom. The third kappa shape index (κ3) is 3.32. The lowest BCUT2D eigenvalue weighted by atomic mass is 10.1. The summed E-state index contributed by atoms with van der Waals surface area (Å²) < 4.78 is 0. The molecule has 0 bridgehead atoms. The molecule has 0 aromatic carbocycles. The number of likely N-dealkylation sites (N-methyl/N-ethyl adjacent to an activating group) is 1. The van der Waals surface area contributed by atoms with E-state index in [0.717, 1.165) is 30.4 Å². The molecule has 0 spiro atoms. The van der Waals surface area contributed by atoms with Gasteiger partial charge >= 0.3 is 0 Å². The van der Waals surface area contributed by atoms with Crippen molar-refractivity contribution in [2.45, 2.75) is 32.2 Å². The van der Waals surface area contributed by atoms with Crippen LogP contribution in [0, 0.1) is 0 Å². The van der Waals surface area contributed by atoms with Crippen molar-refractivity contribution in [1.29, 1.82) is 0 Å². The van der Waals surface area contributed by atoms with Gasteiger partial charge in [0.1, 0.15) is 17.5 Å². The Hall–Kier alpha value is -1.36. The van der Waals surface area contributed by atoms with Crippen LogP contribution in [0.4, 0.5) is 11.6 Å². The molecule has 5 nitrogen and oxygen atoms in total. The third-order valence-electron chi connectivity index (χ3n) is 3.32. The molecule has 18 heavy (non-hydrogen) atoms. The normalized spacial score (nSPS) is 20.7. The summed E-state index contributed by atoms with van der Waals surface area (Å²) >= 11 is 0. The molecule has 100 valence electrons. The van der Waals surface area contributed by atoms with Gasteiger partial charge in [-0.1, -0.05) is 6.92 Å². The molecule has 0 aliphatic carbocycles. The maximum Gasteiger partial charge on any atom is 0.132 e. The summed E-state index contributed by atoms with van der Waals surface area (Å²) in [7, 11) is 4.06. The molecule has 2 N–H and O–H groups in total. The first kappa shape index (κ1) is 13.1. The minimum Gasteiger partial charge on any atom is -0.373 e. The van der Waals surface area contributed by atoms with Crippen LogP contribution in [0.25, 0.3) is 0 Å². The number of anilines is 2. The van der Waals surface area contributed by atoms with Crippen molar-refractivity contribution in [2.24, 2.45) is 0 Å². The van der Waals surface area contributed by atoms with E-state index in [1.165, 1.54) is 19.4 Å².